The zero-order valence-electron chi connectivity index (χ0n) is 15.7. The predicted molar refractivity (Wildman–Crippen MR) is 105 cm³/mol. The van der Waals surface area contributed by atoms with Crippen molar-refractivity contribution in [2.24, 2.45) is 5.92 Å². The fourth-order valence-corrected chi connectivity index (χ4v) is 3.52. The Balaban J connectivity index is 1.88. The molecule has 0 aromatic heterocycles. The van der Waals surface area contributed by atoms with E-state index in [0.717, 1.165) is 0 Å². The predicted octanol–water partition coefficient (Wildman–Crippen LogP) is 3.36. The summed E-state index contributed by atoms with van der Waals surface area (Å²) in [6, 6.07) is 10.9. The Kier molecular flexibility index (Phi) is 7.42. The number of rotatable bonds is 9. The van der Waals surface area contributed by atoms with E-state index in [1.165, 1.54) is 48.5 Å². The second-order valence-corrected chi connectivity index (χ2v) is 8.52. The Labute approximate surface area is 164 Å². The lowest BCUT2D eigenvalue weighted by molar-refractivity contribution is -0.116. The van der Waals surface area contributed by atoms with Crippen LogP contribution in [-0.4, -0.2) is 26.7 Å². The molecular weight excluding hydrogens is 383 g/mol. The zero-order valence-corrected chi connectivity index (χ0v) is 16.6. The van der Waals surface area contributed by atoms with Gasteiger partial charge in [0.25, 0.3) is 0 Å². The number of sulfonamides is 1. The largest absolute Gasteiger partial charge is 0.326 e. The van der Waals surface area contributed by atoms with Crippen molar-refractivity contribution in [3.63, 3.8) is 0 Å². The van der Waals surface area contributed by atoms with Crippen LogP contribution in [0, 0.1) is 11.7 Å². The van der Waals surface area contributed by atoms with E-state index in [2.05, 4.69) is 10.0 Å². The van der Waals surface area contributed by atoms with Gasteiger partial charge in [0, 0.05) is 30.6 Å². The number of ketones is 1. The SMILES string of the molecule is CC(C)CNS(=O)(=O)c1ccc(NC(=O)CCC(=O)c2ccc(F)cc2)cc1. The molecule has 28 heavy (non-hydrogen) atoms. The molecule has 8 heteroatoms. The molecule has 2 rings (SSSR count). The Morgan fingerprint density at radius 1 is 0.964 bits per heavy atom. The fraction of sp³-hybridized carbons (Fsp3) is 0.300. The van der Waals surface area contributed by atoms with Gasteiger partial charge in [0.1, 0.15) is 5.82 Å². The molecule has 6 nitrogen and oxygen atoms in total. The van der Waals surface area contributed by atoms with Crippen molar-refractivity contribution in [1.29, 1.82) is 0 Å². The summed E-state index contributed by atoms with van der Waals surface area (Å²) < 4.78 is 39.7. The van der Waals surface area contributed by atoms with Gasteiger partial charge in [-0.1, -0.05) is 13.8 Å². The first kappa shape index (κ1) is 21.7. The molecule has 0 saturated carbocycles. The van der Waals surface area contributed by atoms with Gasteiger partial charge < -0.3 is 5.32 Å². The minimum atomic E-state index is -3.59. The van der Waals surface area contributed by atoms with Gasteiger partial charge >= 0.3 is 0 Å². The van der Waals surface area contributed by atoms with Crippen LogP contribution in [0.5, 0.6) is 0 Å². The number of hydrogen-bond donors (Lipinski definition) is 2. The third-order valence-electron chi connectivity index (χ3n) is 3.88. The highest BCUT2D eigenvalue weighted by Crippen LogP contribution is 2.15. The van der Waals surface area contributed by atoms with E-state index in [9.17, 15) is 22.4 Å². The Morgan fingerprint density at radius 2 is 1.57 bits per heavy atom. The van der Waals surface area contributed by atoms with E-state index in [1.807, 2.05) is 13.8 Å². The van der Waals surface area contributed by atoms with Crippen molar-refractivity contribution in [1.82, 2.24) is 4.72 Å². The van der Waals surface area contributed by atoms with E-state index >= 15 is 0 Å². The minimum absolute atomic E-state index is 0.0109. The Hall–Kier alpha value is -2.58. The summed E-state index contributed by atoms with van der Waals surface area (Å²) in [5.41, 5.74) is 0.777. The van der Waals surface area contributed by atoms with Crippen molar-refractivity contribution < 1.29 is 22.4 Å². The molecule has 0 fully saturated rings. The highest BCUT2D eigenvalue weighted by atomic mass is 32.2. The molecule has 0 saturated heterocycles. The van der Waals surface area contributed by atoms with Crippen LogP contribution < -0.4 is 10.0 Å². The van der Waals surface area contributed by atoms with E-state index in [4.69, 9.17) is 0 Å². The molecule has 0 aliphatic carbocycles. The van der Waals surface area contributed by atoms with E-state index in [0.29, 0.717) is 17.8 Å². The Morgan fingerprint density at radius 3 is 2.14 bits per heavy atom. The highest BCUT2D eigenvalue weighted by molar-refractivity contribution is 7.89. The molecule has 0 aliphatic rings. The van der Waals surface area contributed by atoms with Crippen LogP contribution in [-0.2, 0) is 14.8 Å². The van der Waals surface area contributed by atoms with Crippen LogP contribution in [0.3, 0.4) is 0 Å². The molecule has 0 atom stereocenters. The first-order valence-corrected chi connectivity index (χ1v) is 10.3. The molecule has 0 radical (unpaired) electrons. The fourth-order valence-electron chi connectivity index (χ4n) is 2.31. The molecule has 0 spiro atoms. The van der Waals surface area contributed by atoms with Crippen LogP contribution in [0.2, 0.25) is 0 Å². The number of carbonyl (C=O) groups excluding carboxylic acids is 2. The normalized spacial score (nSPS) is 11.4. The van der Waals surface area contributed by atoms with Gasteiger partial charge in [0.2, 0.25) is 15.9 Å². The zero-order chi connectivity index (χ0) is 20.7. The smallest absolute Gasteiger partial charge is 0.240 e. The van der Waals surface area contributed by atoms with Gasteiger partial charge in [-0.15, -0.1) is 0 Å². The second kappa shape index (κ2) is 9.57. The average Bonchev–Trinajstić information content (AvgIpc) is 2.65. The van der Waals surface area contributed by atoms with Gasteiger partial charge in [-0.25, -0.2) is 17.5 Å². The number of Topliss-reactive ketones (excluding diaryl/α,β-unsaturated/α-hetero) is 1. The molecule has 2 aromatic carbocycles. The van der Waals surface area contributed by atoms with Gasteiger partial charge in [-0.3, -0.25) is 9.59 Å². The van der Waals surface area contributed by atoms with E-state index < -0.39 is 15.8 Å². The molecular formula is C20H23FN2O4S. The van der Waals surface area contributed by atoms with Crippen LogP contribution in [0.15, 0.2) is 53.4 Å². The summed E-state index contributed by atoms with van der Waals surface area (Å²) in [7, 11) is -3.59. The molecule has 1 amide bonds. The van der Waals surface area contributed by atoms with Crippen molar-refractivity contribution >= 4 is 27.4 Å². The summed E-state index contributed by atoms with van der Waals surface area (Å²) in [6.45, 7) is 4.15. The molecule has 2 aromatic rings. The van der Waals surface area contributed by atoms with Gasteiger partial charge in [0.05, 0.1) is 4.90 Å². The van der Waals surface area contributed by atoms with E-state index in [-0.39, 0.29) is 35.3 Å². The quantitative estimate of drug-likeness (QED) is 0.625. The van der Waals surface area contributed by atoms with Crippen LogP contribution in [0.4, 0.5) is 10.1 Å². The Bertz CT molecular complexity index is 924. The maximum absolute atomic E-state index is 12.9. The van der Waals surface area contributed by atoms with Crippen molar-refractivity contribution in [3.8, 4) is 0 Å². The molecule has 150 valence electrons. The number of hydrogen-bond acceptors (Lipinski definition) is 4. The highest BCUT2D eigenvalue weighted by Gasteiger charge is 2.14. The average molecular weight is 406 g/mol. The maximum atomic E-state index is 12.9. The number of amides is 1. The monoisotopic (exact) mass is 406 g/mol. The first-order valence-electron chi connectivity index (χ1n) is 8.86. The summed E-state index contributed by atoms with van der Waals surface area (Å²) in [6.07, 6.45) is -0.0464. The lowest BCUT2D eigenvalue weighted by Crippen LogP contribution is -2.27. The standard InChI is InChI=1S/C20H23FN2O4S/c1-14(2)13-22-28(26,27)18-9-7-17(8-10-18)23-20(25)12-11-19(24)15-3-5-16(21)6-4-15/h3-10,14,22H,11-13H2,1-2H3,(H,23,25). The minimum Gasteiger partial charge on any atom is -0.326 e. The van der Waals surface area contributed by atoms with Gasteiger partial charge in [-0.2, -0.15) is 0 Å². The summed E-state index contributed by atoms with van der Waals surface area (Å²) in [5.74, 6) is -0.873. The summed E-state index contributed by atoms with van der Waals surface area (Å²) in [5, 5.41) is 2.62. The van der Waals surface area contributed by atoms with Crippen molar-refractivity contribution in [3.05, 3.63) is 59.9 Å². The van der Waals surface area contributed by atoms with Crippen LogP contribution >= 0.6 is 0 Å². The number of halogens is 1. The second-order valence-electron chi connectivity index (χ2n) is 6.75. The third kappa shape index (κ3) is 6.54. The molecule has 0 bridgehead atoms. The van der Waals surface area contributed by atoms with Gasteiger partial charge in [-0.05, 0) is 54.4 Å². The van der Waals surface area contributed by atoms with Crippen molar-refractivity contribution in [2.75, 3.05) is 11.9 Å². The number of nitrogens with one attached hydrogen (secondary N) is 2. The lowest BCUT2D eigenvalue weighted by Gasteiger charge is -2.10. The molecule has 2 N–H and O–H groups in total. The maximum Gasteiger partial charge on any atom is 0.240 e. The topological polar surface area (TPSA) is 92.3 Å². The lowest BCUT2D eigenvalue weighted by atomic mass is 10.1. The number of carbonyl (C=O) groups is 2. The number of anilines is 1. The van der Waals surface area contributed by atoms with Gasteiger partial charge in [0.15, 0.2) is 5.78 Å². The van der Waals surface area contributed by atoms with Crippen molar-refractivity contribution in [2.45, 2.75) is 31.6 Å². The molecule has 0 unspecified atom stereocenters. The van der Waals surface area contributed by atoms with Crippen LogP contribution in [0.1, 0.15) is 37.0 Å². The number of benzene rings is 2. The summed E-state index contributed by atoms with van der Waals surface area (Å²) in [4.78, 5) is 24.1. The molecule has 0 heterocycles. The molecule has 0 aliphatic heterocycles. The van der Waals surface area contributed by atoms with Crippen LogP contribution in [0.25, 0.3) is 0 Å². The van der Waals surface area contributed by atoms with E-state index in [1.54, 1.807) is 0 Å². The first-order chi connectivity index (χ1) is 13.2. The third-order valence-corrected chi connectivity index (χ3v) is 5.31. The summed E-state index contributed by atoms with van der Waals surface area (Å²) >= 11 is 0.